The second kappa shape index (κ2) is 3.56. The standard InChI is InChI=1S/C10H5ClN2S2/c11-7-3-1-6(2-4-7)8-13-10-9(15-8)12-5-14-10/h1-5H. The first-order valence-corrected chi connectivity index (χ1v) is 6.36. The van der Waals surface area contributed by atoms with Crippen LogP contribution >= 0.6 is 34.3 Å². The number of aromatic nitrogens is 2. The highest BCUT2D eigenvalue weighted by Gasteiger charge is 2.07. The Morgan fingerprint density at radius 2 is 1.87 bits per heavy atom. The summed E-state index contributed by atoms with van der Waals surface area (Å²) in [6.07, 6.45) is 0. The Balaban J connectivity index is 2.13. The summed E-state index contributed by atoms with van der Waals surface area (Å²) in [5.41, 5.74) is 2.91. The molecular formula is C10H5ClN2S2. The molecule has 0 amide bonds. The molecule has 0 bridgehead atoms. The van der Waals surface area contributed by atoms with E-state index in [-0.39, 0.29) is 0 Å². The van der Waals surface area contributed by atoms with Gasteiger partial charge in [-0.1, -0.05) is 35.1 Å². The van der Waals surface area contributed by atoms with Gasteiger partial charge in [0.05, 0.1) is 5.51 Å². The van der Waals surface area contributed by atoms with Crippen molar-refractivity contribution in [2.45, 2.75) is 0 Å². The van der Waals surface area contributed by atoms with Gasteiger partial charge in [-0.25, -0.2) is 9.97 Å². The second-order valence-corrected chi connectivity index (χ2v) is 5.24. The fourth-order valence-electron chi connectivity index (χ4n) is 1.30. The number of rotatable bonds is 1. The van der Waals surface area contributed by atoms with E-state index in [4.69, 9.17) is 11.6 Å². The Labute approximate surface area is 99.2 Å². The van der Waals surface area contributed by atoms with Gasteiger partial charge >= 0.3 is 0 Å². The first-order chi connectivity index (χ1) is 7.33. The monoisotopic (exact) mass is 252 g/mol. The van der Waals surface area contributed by atoms with Gasteiger partial charge in [0.15, 0.2) is 9.66 Å². The van der Waals surface area contributed by atoms with E-state index >= 15 is 0 Å². The van der Waals surface area contributed by atoms with Gasteiger partial charge < -0.3 is 0 Å². The summed E-state index contributed by atoms with van der Waals surface area (Å²) in [5, 5.41) is 1.75. The van der Waals surface area contributed by atoms with E-state index in [1.807, 2.05) is 29.8 Å². The molecule has 2 heterocycles. The van der Waals surface area contributed by atoms with E-state index in [0.717, 1.165) is 25.3 Å². The van der Waals surface area contributed by atoms with Crippen LogP contribution in [0, 0.1) is 0 Å². The van der Waals surface area contributed by atoms with E-state index in [2.05, 4.69) is 9.97 Å². The highest BCUT2D eigenvalue weighted by Crippen LogP contribution is 2.31. The molecule has 0 saturated heterocycles. The number of thiazole rings is 2. The highest BCUT2D eigenvalue weighted by atomic mass is 35.5. The number of hydrogen-bond acceptors (Lipinski definition) is 4. The summed E-state index contributed by atoms with van der Waals surface area (Å²) in [5.74, 6) is 0. The third-order valence-electron chi connectivity index (χ3n) is 2.00. The highest BCUT2D eigenvalue weighted by molar-refractivity contribution is 7.27. The van der Waals surface area contributed by atoms with Crippen molar-refractivity contribution < 1.29 is 0 Å². The molecule has 0 aliphatic carbocycles. The van der Waals surface area contributed by atoms with Crippen molar-refractivity contribution in [3.05, 3.63) is 34.8 Å². The van der Waals surface area contributed by atoms with Crippen LogP contribution in [-0.2, 0) is 0 Å². The van der Waals surface area contributed by atoms with Crippen LogP contribution in [0.25, 0.3) is 20.2 Å². The van der Waals surface area contributed by atoms with E-state index in [0.29, 0.717) is 0 Å². The van der Waals surface area contributed by atoms with E-state index in [9.17, 15) is 0 Å². The minimum absolute atomic E-state index is 0.746. The quantitative estimate of drug-likeness (QED) is 0.652. The zero-order chi connectivity index (χ0) is 10.3. The summed E-state index contributed by atoms with van der Waals surface area (Å²) in [6, 6.07) is 7.70. The van der Waals surface area contributed by atoms with Crippen molar-refractivity contribution in [2.75, 3.05) is 0 Å². The van der Waals surface area contributed by atoms with Crippen molar-refractivity contribution in [2.24, 2.45) is 0 Å². The zero-order valence-corrected chi connectivity index (χ0v) is 9.86. The number of halogens is 1. The lowest BCUT2D eigenvalue weighted by Crippen LogP contribution is -1.73. The lowest BCUT2D eigenvalue weighted by atomic mass is 10.2. The number of benzene rings is 1. The third kappa shape index (κ3) is 1.65. The molecule has 15 heavy (non-hydrogen) atoms. The normalized spacial score (nSPS) is 11.0. The molecule has 0 spiro atoms. The molecular weight excluding hydrogens is 248 g/mol. The topological polar surface area (TPSA) is 25.8 Å². The number of nitrogens with zero attached hydrogens (tertiary/aromatic N) is 2. The smallest absolute Gasteiger partial charge is 0.155 e. The predicted molar refractivity (Wildman–Crippen MR) is 65.7 cm³/mol. The average Bonchev–Trinajstić information content (AvgIpc) is 2.78. The maximum absolute atomic E-state index is 5.83. The molecule has 3 rings (SSSR count). The van der Waals surface area contributed by atoms with Crippen LogP contribution in [0.3, 0.4) is 0 Å². The molecule has 3 aromatic rings. The largest absolute Gasteiger partial charge is 0.232 e. The summed E-state index contributed by atoms with van der Waals surface area (Å²) in [6.45, 7) is 0. The van der Waals surface area contributed by atoms with Crippen LogP contribution in [-0.4, -0.2) is 9.97 Å². The van der Waals surface area contributed by atoms with Crippen LogP contribution in [0.4, 0.5) is 0 Å². The number of fused-ring (bicyclic) bond motifs is 1. The van der Waals surface area contributed by atoms with Gasteiger partial charge in [-0.05, 0) is 12.1 Å². The SMILES string of the molecule is Clc1ccc(-c2nc3scnc3s2)cc1. The zero-order valence-electron chi connectivity index (χ0n) is 7.48. The van der Waals surface area contributed by atoms with Crippen molar-refractivity contribution in [1.82, 2.24) is 9.97 Å². The second-order valence-electron chi connectivity index (χ2n) is 2.99. The van der Waals surface area contributed by atoms with Gasteiger partial charge in [0.2, 0.25) is 0 Å². The minimum atomic E-state index is 0.746. The Hall–Kier alpha value is -0.970. The number of hydrogen-bond donors (Lipinski definition) is 0. The van der Waals surface area contributed by atoms with Crippen LogP contribution in [0.5, 0.6) is 0 Å². The lowest BCUT2D eigenvalue weighted by Gasteiger charge is -1.94. The van der Waals surface area contributed by atoms with E-state index < -0.39 is 0 Å². The van der Waals surface area contributed by atoms with E-state index in [1.165, 1.54) is 0 Å². The molecule has 0 radical (unpaired) electrons. The molecule has 0 aliphatic rings. The predicted octanol–water partition coefficient (Wildman–Crippen LogP) is 4.07. The van der Waals surface area contributed by atoms with Crippen LogP contribution < -0.4 is 0 Å². The summed E-state index contributed by atoms with van der Waals surface area (Å²) >= 11 is 9.01. The van der Waals surface area contributed by atoms with Gasteiger partial charge in [0, 0.05) is 10.6 Å². The summed E-state index contributed by atoms with van der Waals surface area (Å²) < 4.78 is 0. The maximum atomic E-state index is 5.83. The first-order valence-electron chi connectivity index (χ1n) is 4.29. The Bertz CT molecular complexity index is 569. The molecule has 1 aromatic carbocycles. The average molecular weight is 253 g/mol. The van der Waals surface area contributed by atoms with E-state index in [1.54, 1.807) is 22.7 Å². The molecule has 2 nitrogen and oxygen atoms in total. The molecule has 74 valence electrons. The molecule has 0 atom stereocenters. The van der Waals surface area contributed by atoms with Crippen LogP contribution in [0.15, 0.2) is 29.8 Å². The van der Waals surface area contributed by atoms with Crippen LogP contribution in [0.1, 0.15) is 0 Å². The maximum Gasteiger partial charge on any atom is 0.155 e. The molecule has 0 unspecified atom stereocenters. The molecule has 0 saturated carbocycles. The third-order valence-corrected chi connectivity index (χ3v) is 4.12. The van der Waals surface area contributed by atoms with Crippen molar-refractivity contribution in [3.63, 3.8) is 0 Å². The Morgan fingerprint density at radius 3 is 2.60 bits per heavy atom. The molecule has 2 aromatic heterocycles. The fraction of sp³-hybridized carbons (Fsp3) is 0. The van der Waals surface area contributed by atoms with Crippen LogP contribution in [0.2, 0.25) is 5.02 Å². The van der Waals surface area contributed by atoms with Gasteiger partial charge in [-0.2, -0.15) is 0 Å². The van der Waals surface area contributed by atoms with Crippen molar-refractivity contribution in [1.29, 1.82) is 0 Å². The van der Waals surface area contributed by atoms with Crippen molar-refractivity contribution >= 4 is 43.9 Å². The molecule has 0 fully saturated rings. The Morgan fingerprint density at radius 1 is 1.07 bits per heavy atom. The fourth-order valence-corrected chi connectivity index (χ4v) is 3.18. The molecule has 0 N–H and O–H groups in total. The molecule has 0 aliphatic heterocycles. The van der Waals surface area contributed by atoms with Gasteiger partial charge in [0.25, 0.3) is 0 Å². The van der Waals surface area contributed by atoms with Gasteiger partial charge in [-0.15, -0.1) is 11.3 Å². The lowest BCUT2D eigenvalue weighted by molar-refractivity contribution is 1.49. The Kier molecular flexibility index (Phi) is 2.20. The first kappa shape index (κ1) is 9.27. The summed E-state index contributed by atoms with van der Waals surface area (Å²) in [7, 11) is 0. The van der Waals surface area contributed by atoms with Crippen molar-refractivity contribution in [3.8, 4) is 10.6 Å². The van der Waals surface area contributed by atoms with Gasteiger partial charge in [0.1, 0.15) is 5.01 Å². The minimum Gasteiger partial charge on any atom is -0.232 e. The van der Waals surface area contributed by atoms with Gasteiger partial charge in [-0.3, -0.25) is 0 Å². The summed E-state index contributed by atoms with van der Waals surface area (Å²) in [4.78, 5) is 10.7. The molecule has 5 heteroatoms.